The molecule has 0 radical (unpaired) electrons. The van der Waals surface area contributed by atoms with Crippen molar-refractivity contribution in [2.75, 3.05) is 17.3 Å². The van der Waals surface area contributed by atoms with E-state index in [-0.39, 0.29) is 17.5 Å². The second-order valence-corrected chi connectivity index (χ2v) is 8.75. The molecule has 1 aliphatic heterocycles. The zero-order valence-electron chi connectivity index (χ0n) is 18.2. The van der Waals surface area contributed by atoms with Crippen molar-refractivity contribution in [3.8, 4) is 5.75 Å². The number of rotatable bonds is 7. The van der Waals surface area contributed by atoms with E-state index in [0.717, 1.165) is 10.6 Å². The topological polar surface area (TPSA) is 58.6 Å². The van der Waals surface area contributed by atoms with Crippen LogP contribution in [0, 0.1) is 0 Å². The molecular weight excluding hydrogens is 420 g/mol. The molecule has 0 saturated heterocycles. The Kier molecular flexibility index (Phi) is 6.32. The van der Waals surface area contributed by atoms with Crippen molar-refractivity contribution in [3.05, 3.63) is 95.0 Å². The van der Waals surface area contributed by atoms with Gasteiger partial charge in [-0.1, -0.05) is 55.9 Å². The minimum Gasteiger partial charge on any atom is -0.497 e. The van der Waals surface area contributed by atoms with Gasteiger partial charge < -0.3 is 10.1 Å². The molecule has 0 fully saturated rings. The number of imide groups is 1. The van der Waals surface area contributed by atoms with Gasteiger partial charge >= 0.3 is 0 Å². The van der Waals surface area contributed by atoms with Gasteiger partial charge in [0, 0.05) is 10.6 Å². The molecule has 1 aliphatic rings. The van der Waals surface area contributed by atoms with Crippen LogP contribution in [0.15, 0.2) is 94.4 Å². The zero-order valence-corrected chi connectivity index (χ0v) is 19.0. The summed E-state index contributed by atoms with van der Waals surface area (Å²) in [6, 6.07) is 24.4. The average molecular weight is 445 g/mol. The Morgan fingerprint density at radius 3 is 2.09 bits per heavy atom. The Morgan fingerprint density at radius 2 is 1.50 bits per heavy atom. The van der Waals surface area contributed by atoms with Crippen LogP contribution in [0.5, 0.6) is 5.75 Å². The minimum atomic E-state index is -0.383. The van der Waals surface area contributed by atoms with Crippen LogP contribution >= 0.6 is 11.8 Å². The van der Waals surface area contributed by atoms with Gasteiger partial charge in [-0.25, -0.2) is 4.90 Å². The lowest BCUT2D eigenvalue weighted by Crippen LogP contribution is -2.32. The number of benzene rings is 3. The number of carbonyl (C=O) groups excluding carboxylic acids is 2. The van der Waals surface area contributed by atoms with E-state index >= 15 is 0 Å². The molecule has 162 valence electrons. The van der Waals surface area contributed by atoms with Gasteiger partial charge in [-0.3, -0.25) is 9.59 Å². The SMILES string of the molecule is COc1ccc(N2C(=O)C(Nc3ccc(C(C)C)cc3)=C(Sc3ccccc3)C2=O)cc1. The van der Waals surface area contributed by atoms with E-state index in [4.69, 9.17) is 4.74 Å². The number of methoxy groups -OCH3 is 1. The fourth-order valence-corrected chi connectivity index (χ4v) is 4.33. The maximum Gasteiger partial charge on any atom is 0.283 e. The molecule has 1 N–H and O–H groups in total. The maximum atomic E-state index is 13.4. The van der Waals surface area contributed by atoms with Gasteiger partial charge in [-0.15, -0.1) is 0 Å². The summed E-state index contributed by atoms with van der Waals surface area (Å²) < 4.78 is 5.20. The van der Waals surface area contributed by atoms with Gasteiger partial charge in [0.15, 0.2) is 0 Å². The molecule has 1 heterocycles. The number of thioether (sulfide) groups is 1. The van der Waals surface area contributed by atoms with Crippen molar-refractivity contribution in [2.45, 2.75) is 24.7 Å². The fraction of sp³-hybridized carbons (Fsp3) is 0.154. The first-order chi connectivity index (χ1) is 15.5. The Balaban J connectivity index is 1.69. The molecule has 0 spiro atoms. The number of hydrogen-bond acceptors (Lipinski definition) is 5. The van der Waals surface area contributed by atoms with E-state index in [2.05, 4.69) is 19.2 Å². The number of hydrogen-bond donors (Lipinski definition) is 1. The third-order valence-electron chi connectivity index (χ3n) is 5.18. The van der Waals surface area contributed by atoms with Crippen LogP contribution in [0.1, 0.15) is 25.3 Å². The Morgan fingerprint density at radius 1 is 0.844 bits per heavy atom. The molecule has 32 heavy (non-hydrogen) atoms. The summed E-state index contributed by atoms with van der Waals surface area (Å²) in [5.41, 5.74) is 2.74. The summed E-state index contributed by atoms with van der Waals surface area (Å²) in [4.78, 5) is 29.2. The normalized spacial score (nSPS) is 13.8. The summed E-state index contributed by atoms with van der Waals surface area (Å²) >= 11 is 1.28. The molecule has 0 bridgehead atoms. The average Bonchev–Trinajstić information content (AvgIpc) is 3.04. The highest BCUT2D eigenvalue weighted by Crippen LogP contribution is 2.38. The van der Waals surface area contributed by atoms with Crippen LogP contribution in [0.3, 0.4) is 0 Å². The highest BCUT2D eigenvalue weighted by atomic mass is 32.2. The van der Waals surface area contributed by atoms with E-state index in [1.54, 1.807) is 31.4 Å². The molecule has 6 heteroatoms. The van der Waals surface area contributed by atoms with Crippen molar-refractivity contribution in [1.29, 1.82) is 0 Å². The summed E-state index contributed by atoms with van der Waals surface area (Å²) in [6.07, 6.45) is 0. The first-order valence-electron chi connectivity index (χ1n) is 10.3. The summed E-state index contributed by atoms with van der Waals surface area (Å²) in [5.74, 6) is 0.331. The van der Waals surface area contributed by atoms with Crippen LogP contribution in [0.25, 0.3) is 0 Å². The number of nitrogens with one attached hydrogen (secondary N) is 1. The fourth-order valence-electron chi connectivity index (χ4n) is 3.38. The number of carbonyl (C=O) groups is 2. The van der Waals surface area contributed by atoms with E-state index < -0.39 is 0 Å². The Bertz CT molecular complexity index is 1150. The predicted molar refractivity (Wildman–Crippen MR) is 129 cm³/mol. The van der Waals surface area contributed by atoms with E-state index in [1.165, 1.54) is 22.2 Å². The van der Waals surface area contributed by atoms with Gasteiger partial charge in [-0.2, -0.15) is 0 Å². The minimum absolute atomic E-state index is 0.275. The molecule has 3 aromatic carbocycles. The Labute approximate surface area is 192 Å². The first kappa shape index (κ1) is 21.7. The first-order valence-corrected chi connectivity index (χ1v) is 11.2. The van der Waals surface area contributed by atoms with Gasteiger partial charge in [-0.05, 0) is 60.0 Å². The summed E-state index contributed by atoms with van der Waals surface area (Å²) in [7, 11) is 1.57. The zero-order chi connectivity index (χ0) is 22.7. The number of nitrogens with zero attached hydrogens (tertiary/aromatic N) is 1. The van der Waals surface area contributed by atoms with Crippen molar-refractivity contribution in [2.24, 2.45) is 0 Å². The molecule has 5 nitrogen and oxygen atoms in total. The smallest absolute Gasteiger partial charge is 0.283 e. The molecule has 0 saturated carbocycles. The standard InChI is InChI=1S/C26H24N2O3S/c1-17(2)18-9-11-19(12-10-18)27-23-24(32-22-7-5-4-6-8-22)26(30)28(25(23)29)20-13-15-21(31-3)16-14-20/h4-17,27H,1-3H3. The van der Waals surface area contributed by atoms with E-state index in [1.807, 2.05) is 54.6 Å². The lowest BCUT2D eigenvalue weighted by Gasteiger charge is -2.16. The molecule has 0 atom stereocenters. The van der Waals surface area contributed by atoms with Crippen LogP contribution in [-0.4, -0.2) is 18.9 Å². The number of amides is 2. The number of anilines is 2. The van der Waals surface area contributed by atoms with Gasteiger partial charge in [0.2, 0.25) is 0 Å². The predicted octanol–water partition coefficient (Wildman–Crippen LogP) is 5.81. The Hall–Kier alpha value is -3.51. The largest absolute Gasteiger partial charge is 0.497 e. The van der Waals surface area contributed by atoms with Crippen molar-refractivity contribution >= 4 is 35.0 Å². The quantitative estimate of drug-likeness (QED) is 0.466. The molecule has 2 amide bonds. The lowest BCUT2D eigenvalue weighted by atomic mass is 10.0. The summed E-state index contributed by atoms with van der Waals surface area (Å²) in [5, 5.41) is 3.20. The molecule has 4 rings (SSSR count). The van der Waals surface area contributed by atoms with E-state index in [0.29, 0.717) is 22.3 Å². The molecule has 0 aromatic heterocycles. The molecule has 0 aliphatic carbocycles. The number of ether oxygens (including phenoxy) is 1. The highest BCUT2D eigenvalue weighted by molar-refractivity contribution is 8.04. The van der Waals surface area contributed by atoms with Crippen molar-refractivity contribution in [1.82, 2.24) is 0 Å². The highest BCUT2D eigenvalue weighted by Gasteiger charge is 2.40. The molecular formula is C26H24N2O3S. The summed E-state index contributed by atoms with van der Waals surface area (Å²) in [6.45, 7) is 4.26. The third kappa shape index (κ3) is 4.41. The lowest BCUT2D eigenvalue weighted by molar-refractivity contribution is -0.120. The molecule has 3 aromatic rings. The third-order valence-corrected chi connectivity index (χ3v) is 6.27. The van der Waals surface area contributed by atoms with Crippen LogP contribution in [-0.2, 0) is 9.59 Å². The maximum absolute atomic E-state index is 13.4. The van der Waals surface area contributed by atoms with Gasteiger partial charge in [0.05, 0.1) is 12.8 Å². The van der Waals surface area contributed by atoms with Crippen molar-refractivity contribution in [3.63, 3.8) is 0 Å². The van der Waals surface area contributed by atoms with Crippen LogP contribution < -0.4 is 15.0 Å². The monoisotopic (exact) mass is 444 g/mol. The van der Waals surface area contributed by atoms with Gasteiger partial charge in [0.25, 0.3) is 11.8 Å². The van der Waals surface area contributed by atoms with Crippen LogP contribution in [0.2, 0.25) is 0 Å². The second kappa shape index (κ2) is 9.32. The molecule has 0 unspecified atom stereocenters. The van der Waals surface area contributed by atoms with E-state index in [9.17, 15) is 9.59 Å². The van der Waals surface area contributed by atoms with Crippen LogP contribution in [0.4, 0.5) is 11.4 Å². The van der Waals surface area contributed by atoms with Gasteiger partial charge in [0.1, 0.15) is 16.4 Å². The van der Waals surface area contributed by atoms with Crippen molar-refractivity contribution < 1.29 is 14.3 Å². The second-order valence-electron chi connectivity index (χ2n) is 7.66.